The van der Waals surface area contributed by atoms with E-state index in [2.05, 4.69) is 9.97 Å². The molecule has 1 fully saturated rings. The summed E-state index contributed by atoms with van der Waals surface area (Å²) < 4.78 is 11.6. The van der Waals surface area contributed by atoms with Crippen molar-refractivity contribution in [3.63, 3.8) is 0 Å². The Morgan fingerprint density at radius 1 is 1.03 bits per heavy atom. The molecule has 2 aliphatic heterocycles. The lowest BCUT2D eigenvalue weighted by Crippen LogP contribution is -2.41. The normalized spacial score (nSPS) is 18.8. The molecule has 0 spiro atoms. The molecule has 5 rings (SSSR count). The molecule has 3 heterocycles. The van der Waals surface area contributed by atoms with Gasteiger partial charge in [0.15, 0.2) is 0 Å². The van der Waals surface area contributed by atoms with Crippen molar-refractivity contribution >= 4 is 22.8 Å². The van der Waals surface area contributed by atoms with Crippen LogP contribution in [0.1, 0.15) is 40.4 Å². The number of carbonyl (C=O) groups excluding carboxylic acids is 2. The molecule has 1 aromatic heterocycles. The van der Waals surface area contributed by atoms with Crippen molar-refractivity contribution in [2.75, 3.05) is 19.8 Å². The van der Waals surface area contributed by atoms with Gasteiger partial charge < -0.3 is 14.4 Å². The van der Waals surface area contributed by atoms with E-state index in [0.717, 1.165) is 22.2 Å². The van der Waals surface area contributed by atoms with Crippen LogP contribution in [0.15, 0.2) is 48.8 Å². The van der Waals surface area contributed by atoms with Gasteiger partial charge in [0.1, 0.15) is 12.4 Å². The molecule has 9 heteroatoms. The van der Waals surface area contributed by atoms with E-state index in [9.17, 15) is 9.59 Å². The Balaban J connectivity index is 1.53. The summed E-state index contributed by atoms with van der Waals surface area (Å²) in [6.07, 6.45) is 4.67. The van der Waals surface area contributed by atoms with Crippen LogP contribution in [0.2, 0.25) is 0 Å². The Morgan fingerprint density at radius 3 is 2.61 bits per heavy atom. The Labute approximate surface area is 190 Å². The smallest absolute Gasteiger partial charge is 0.274 e. The third-order valence-corrected chi connectivity index (χ3v) is 6.28. The number of rotatable bonds is 3. The van der Waals surface area contributed by atoms with Gasteiger partial charge in [-0.3, -0.25) is 24.8 Å². The van der Waals surface area contributed by atoms with Crippen LogP contribution in [0.25, 0.3) is 11.0 Å². The summed E-state index contributed by atoms with van der Waals surface area (Å²) in [5.74, 6) is -0.145. The van der Waals surface area contributed by atoms with Gasteiger partial charge in [-0.25, -0.2) is 5.48 Å². The molecule has 1 atom stereocenters. The molecule has 9 nitrogen and oxygen atoms in total. The van der Waals surface area contributed by atoms with Crippen molar-refractivity contribution in [1.82, 2.24) is 20.3 Å². The highest BCUT2D eigenvalue weighted by Crippen LogP contribution is 2.35. The van der Waals surface area contributed by atoms with Crippen molar-refractivity contribution in [2.45, 2.75) is 25.4 Å². The maximum absolute atomic E-state index is 13.7. The topological polar surface area (TPSA) is 114 Å². The number of carbonyl (C=O) groups is 2. The molecule has 0 bridgehead atoms. The van der Waals surface area contributed by atoms with E-state index in [4.69, 9.17) is 14.7 Å². The van der Waals surface area contributed by atoms with Crippen LogP contribution < -0.4 is 10.2 Å². The van der Waals surface area contributed by atoms with Crippen molar-refractivity contribution in [1.29, 1.82) is 0 Å². The third-order valence-electron chi connectivity index (χ3n) is 6.28. The first-order chi connectivity index (χ1) is 16.1. The van der Waals surface area contributed by atoms with Crippen LogP contribution in [0.3, 0.4) is 0 Å². The predicted octanol–water partition coefficient (Wildman–Crippen LogP) is 2.64. The van der Waals surface area contributed by atoms with Gasteiger partial charge in [-0.15, -0.1) is 0 Å². The Hall–Kier alpha value is -3.56. The van der Waals surface area contributed by atoms with E-state index in [-0.39, 0.29) is 30.0 Å². The van der Waals surface area contributed by atoms with Crippen LogP contribution in [0.4, 0.5) is 0 Å². The molecular formula is C24H24N4O5. The number of nitrogens with zero attached hydrogens (tertiary/aromatic N) is 3. The first kappa shape index (κ1) is 21.3. The molecule has 1 saturated heterocycles. The number of benzene rings is 2. The number of hydrogen-bond donors (Lipinski definition) is 2. The van der Waals surface area contributed by atoms with Gasteiger partial charge in [0, 0.05) is 42.7 Å². The third kappa shape index (κ3) is 4.24. The fraction of sp³-hybridized carbons (Fsp3) is 0.333. The number of hydrogen-bond acceptors (Lipinski definition) is 7. The van der Waals surface area contributed by atoms with E-state index >= 15 is 0 Å². The second kappa shape index (κ2) is 9.13. The summed E-state index contributed by atoms with van der Waals surface area (Å²) in [6.45, 7) is 1.72. The number of hydroxylamine groups is 1. The number of amides is 2. The zero-order valence-electron chi connectivity index (χ0n) is 17.9. The van der Waals surface area contributed by atoms with E-state index in [1.807, 2.05) is 23.1 Å². The molecule has 2 aliphatic rings. The van der Waals surface area contributed by atoms with Gasteiger partial charge in [-0.2, -0.15) is 0 Å². The van der Waals surface area contributed by atoms with Crippen LogP contribution >= 0.6 is 0 Å². The van der Waals surface area contributed by atoms with Gasteiger partial charge in [0.25, 0.3) is 5.91 Å². The molecular weight excluding hydrogens is 424 g/mol. The maximum Gasteiger partial charge on any atom is 0.274 e. The summed E-state index contributed by atoms with van der Waals surface area (Å²) in [5.41, 5.74) is 5.15. The highest BCUT2D eigenvalue weighted by atomic mass is 16.5. The minimum Gasteiger partial charge on any atom is -0.491 e. The van der Waals surface area contributed by atoms with Crippen LogP contribution in [0.5, 0.6) is 5.75 Å². The lowest BCUT2D eigenvalue weighted by molar-refractivity contribution is -0.142. The summed E-state index contributed by atoms with van der Waals surface area (Å²) in [6, 6.07) is 10.4. The minimum absolute atomic E-state index is 0.0659. The first-order valence-corrected chi connectivity index (χ1v) is 10.9. The standard InChI is InChI=1S/C24H24N4O5/c29-23(27-31)17-1-2-18-13-28(24(30)15-5-9-32-10-6-15)21(14-33-22(18)12-17)16-3-4-19-20(11-16)26-8-7-25-19/h1-4,7-8,11-12,15,21,31H,5-6,9-10,13-14H2,(H,27,29). The molecule has 170 valence electrons. The molecule has 0 saturated carbocycles. The van der Waals surface area contributed by atoms with E-state index in [0.29, 0.717) is 38.3 Å². The molecule has 2 amide bonds. The summed E-state index contributed by atoms with van der Waals surface area (Å²) in [5, 5.41) is 8.97. The van der Waals surface area contributed by atoms with Gasteiger partial charge in [0.05, 0.1) is 23.6 Å². The number of nitrogens with one attached hydrogen (secondary N) is 1. The van der Waals surface area contributed by atoms with Gasteiger partial charge in [-0.1, -0.05) is 12.1 Å². The zero-order chi connectivity index (χ0) is 22.8. The Kier molecular flexibility index (Phi) is 5.89. The number of ether oxygens (including phenoxy) is 2. The fourth-order valence-electron chi connectivity index (χ4n) is 4.45. The maximum atomic E-state index is 13.7. The second-order valence-corrected chi connectivity index (χ2v) is 8.25. The van der Waals surface area contributed by atoms with Gasteiger partial charge >= 0.3 is 0 Å². The Bertz CT molecular complexity index is 1190. The minimum atomic E-state index is -0.620. The lowest BCUT2D eigenvalue weighted by Gasteiger charge is -2.34. The SMILES string of the molecule is O=C(NO)c1ccc2c(c1)OCC(c1ccc3nccnc3c1)N(C(=O)C1CCOCC1)C2. The predicted molar refractivity (Wildman–Crippen MR) is 118 cm³/mol. The van der Waals surface area contributed by atoms with E-state index in [1.54, 1.807) is 36.1 Å². The van der Waals surface area contributed by atoms with E-state index in [1.165, 1.54) is 0 Å². The monoisotopic (exact) mass is 448 g/mol. The van der Waals surface area contributed by atoms with Crippen molar-refractivity contribution in [3.8, 4) is 5.75 Å². The summed E-state index contributed by atoms with van der Waals surface area (Å²) >= 11 is 0. The van der Waals surface area contributed by atoms with Crippen molar-refractivity contribution in [2.24, 2.45) is 5.92 Å². The van der Waals surface area contributed by atoms with Crippen molar-refractivity contribution in [3.05, 3.63) is 65.5 Å². The molecule has 1 unspecified atom stereocenters. The molecule has 2 aromatic carbocycles. The highest BCUT2D eigenvalue weighted by Gasteiger charge is 2.35. The largest absolute Gasteiger partial charge is 0.491 e. The van der Waals surface area contributed by atoms with E-state index < -0.39 is 5.91 Å². The lowest BCUT2D eigenvalue weighted by atomic mass is 9.96. The van der Waals surface area contributed by atoms with Crippen LogP contribution in [-0.2, 0) is 16.1 Å². The van der Waals surface area contributed by atoms with Gasteiger partial charge in [-0.05, 0) is 42.7 Å². The summed E-state index contributed by atoms with van der Waals surface area (Å²) in [7, 11) is 0. The molecule has 33 heavy (non-hydrogen) atoms. The number of aromatic nitrogens is 2. The quantitative estimate of drug-likeness (QED) is 0.468. The zero-order valence-corrected chi connectivity index (χ0v) is 17.9. The average molecular weight is 448 g/mol. The molecule has 2 N–H and O–H groups in total. The Morgan fingerprint density at radius 2 is 1.82 bits per heavy atom. The van der Waals surface area contributed by atoms with Crippen LogP contribution in [-0.4, -0.2) is 51.7 Å². The molecule has 3 aromatic rings. The van der Waals surface area contributed by atoms with Crippen molar-refractivity contribution < 1.29 is 24.3 Å². The first-order valence-electron chi connectivity index (χ1n) is 10.9. The molecule has 0 aliphatic carbocycles. The van der Waals surface area contributed by atoms with Crippen LogP contribution in [0, 0.1) is 5.92 Å². The van der Waals surface area contributed by atoms with Gasteiger partial charge in [0.2, 0.25) is 5.91 Å². The second-order valence-electron chi connectivity index (χ2n) is 8.25. The average Bonchev–Trinajstić information content (AvgIpc) is 3.07. The summed E-state index contributed by atoms with van der Waals surface area (Å²) in [4.78, 5) is 36.2. The highest BCUT2D eigenvalue weighted by molar-refractivity contribution is 5.94. The fourth-order valence-corrected chi connectivity index (χ4v) is 4.45. The number of fused-ring (bicyclic) bond motifs is 2. The molecule has 0 radical (unpaired) electrons.